The predicted octanol–water partition coefficient (Wildman–Crippen LogP) is 3.04. The van der Waals surface area contributed by atoms with E-state index in [2.05, 4.69) is 9.71 Å². The van der Waals surface area contributed by atoms with Gasteiger partial charge in [0.15, 0.2) is 11.5 Å². The first-order valence-electron chi connectivity index (χ1n) is 10.2. The Morgan fingerprint density at radius 1 is 1.27 bits per heavy atom. The van der Waals surface area contributed by atoms with Crippen LogP contribution in [0.4, 0.5) is 15.9 Å². The minimum atomic E-state index is -2.24. The summed E-state index contributed by atoms with van der Waals surface area (Å²) in [6, 6.07) is 11.4. The lowest BCUT2D eigenvalue weighted by molar-refractivity contribution is -0.272. The van der Waals surface area contributed by atoms with Gasteiger partial charge in [-0.1, -0.05) is 41.7 Å². The molecule has 2 heterocycles. The van der Waals surface area contributed by atoms with Gasteiger partial charge >= 0.3 is 0 Å². The molecule has 1 aliphatic heterocycles. The summed E-state index contributed by atoms with van der Waals surface area (Å²) in [7, 11) is 1.66. The molecule has 176 valence electrons. The number of hydrogen-bond donors (Lipinski definition) is 5. The molecule has 0 saturated carbocycles. The molecule has 5 N–H and O–H groups in total. The van der Waals surface area contributed by atoms with Crippen LogP contribution >= 0.6 is 23.3 Å². The fraction of sp³-hybridized carbons (Fsp3) is 0.318. The Kier molecular flexibility index (Phi) is 6.54. The first-order chi connectivity index (χ1) is 15.6. The van der Waals surface area contributed by atoms with Gasteiger partial charge in [0, 0.05) is 31.3 Å². The molecule has 33 heavy (non-hydrogen) atoms. The molecule has 2 aromatic carbocycles. The van der Waals surface area contributed by atoms with Gasteiger partial charge in [-0.05, 0) is 36.6 Å². The smallest absolute Gasteiger partial charge is 0.253 e. The monoisotopic (exact) mass is 492 g/mol. The van der Waals surface area contributed by atoms with Gasteiger partial charge in [0.2, 0.25) is 5.06 Å². The lowest BCUT2D eigenvalue weighted by atomic mass is 10.1. The zero-order chi connectivity index (χ0) is 23.8. The second kappa shape index (κ2) is 9.09. The number of benzene rings is 2. The molecule has 0 spiro atoms. The summed E-state index contributed by atoms with van der Waals surface area (Å²) in [6.07, 6.45) is 0.238. The number of nitrogens with zero attached hydrogens (tertiary/aromatic N) is 3. The Bertz CT molecular complexity index is 1130. The number of anilines is 2. The molecule has 4 rings (SSSR count). The topological polar surface area (TPSA) is 112 Å². The molecule has 1 aromatic heterocycles. The third kappa shape index (κ3) is 4.65. The summed E-state index contributed by atoms with van der Waals surface area (Å²) in [6.45, 7) is 1.99. The van der Waals surface area contributed by atoms with Crippen LogP contribution in [0.25, 0.3) is 0 Å². The Morgan fingerprint density at radius 2 is 2.00 bits per heavy atom. The van der Waals surface area contributed by atoms with Crippen molar-refractivity contribution in [3.8, 4) is 5.06 Å². The summed E-state index contributed by atoms with van der Waals surface area (Å²) in [5.41, 5.74) is 1.56. The maximum atomic E-state index is 14.9. The highest BCUT2D eigenvalue weighted by molar-refractivity contribution is 8.00. The highest BCUT2D eigenvalue weighted by Crippen LogP contribution is 2.38. The van der Waals surface area contributed by atoms with E-state index in [0.29, 0.717) is 16.1 Å². The van der Waals surface area contributed by atoms with E-state index < -0.39 is 17.5 Å². The van der Waals surface area contributed by atoms with Crippen molar-refractivity contribution in [1.82, 2.24) is 9.88 Å². The number of aliphatic hydroxyl groups is 3. The van der Waals surface area contributed by atoms with Crippen molar-refractivity contribution >= 4 is 34.8 Å². The van der Waals surface area contributed by atoms with E-state index in [1.165, 1.54) is 16.5 Å². The first-order valence-corrected chi connectivity index (χ1v) is 11.9. The van der Waals surface area contributed by atoms with E-state index in [9.17, 15) is 24.8 Å². The largest absolute Gasteiger partial charge is 0.497 e. The van der Waals surface area contributed by atoms with E-state index in [1.807, 2.05) is 0 Å². The maximum absolute atomic E-state index is 14.9. The minimum absolute atomic E-state index is 0.0170. The van der Waals surface area contributed by atoms with Gasteiger partial charge < -0.3 is 30.0 Å². The number of halogens is 1. The summed E-state index contributed by atoms with van der Waals surface area (Å²) < 4.78 is 17.7. The molecular formula is C22H25FN4O4S2. The van der Waals surface area contributed by atoms with Crippen molar-refractivity contribution in [1.29, 1.82) is 0 Å². The zero-order valence-corrected chi connectivity index (χ0v) is 19.7. The van der Waals surface area contributed by atoms with Crippen molar-refractivity contribution < 1.29 is 24.8 Å². The number of aryl methyl sites for hydroxylation is 1. The molecule has 0 radical (unpaired) electrons. The first kappa shape index (κ1) is 23.7. The van der Waals surface area contributed by atoms with Gasteiger partial charge in [0.1, 0.15) is 5.82 Å². The number of aromatic hydroxyl groups is 1. The Labute approximate surface area is 199 Å². The molecule has 1 atom stereocenters. The van der Waals surface area contributed by atoms with Gasteiger partial charge in [-0.25, -0.2) is 14.3 Å². The van der Waals surface area contributed by atoms with Crippen LogP contribution in [0.5, 0.6) is 5.06 Å². The Hall–Kier alpha value is -2.41. The van der Waals surface area contributed by atoms with Crippen LogP contribution in [0.2, 0.25) is 0 Å². The Balaban J connectivity index is 1.51. The second-order valence-electron chi connectivity index (χ2n) is 7.99. The average molecular weight is 493 g/mol. The van der Waals surface area contributed by atoms with Gasteiger partial charge in [0.25, 0.3) is 5.91 Å². The lowest BCUT2D eigenvalue weighted by Gasteiger charge is -2.38. The zero-order valence-electron chi connectivity index (χ0n) is 18.1. The van der Waals surface area contributed by atoms with Crippen LogP contribution in [-0.4, -0.2) is 56.2 Å². The normalized spacial score (nSPS) is 19.1. The molecule has 11 heteroatoms. The van der Waals surface area contributed by atoms with E-state index in [4.69, 9.17) is 0 Å². The molecule has 0 aliphatic carbocycles. The van der Waals surface area contributed by atoms with Crippen molar-refractivity contribution in [3.63, 3.8) is 0 Å². The molecule has 0 bridgehead atoms. The van der Waals surface area contributed by atoms with Crippen LogP contribution in [0.15, 0.2) is 52.9 Å². The number of nitrogens with one attached hydrogen (secondary N) is 1. The summed E-state index contributed by atoms with van der Waals surface area (Å²) in [4.78, 5) is 7.24. The number of rotatable bonds is 7. The number of likely N-dealkylation sites (tertiary alicyclic amines) is 1. The summed E-state index contributed by atoms with van der Waals surface area (Å²) in [5, 5.41) is 42.5. The van der Waals surface area contributed by atoms with Crippen molar-refractivity contribution in [2.24, 2.45) is 0 Å². The molecule has 8 nitrogen and oxygen atoms in total. The van der Waals surface area contributed by atoms with Gasteiger partial charge in [-0.2, -0.15) is 0 Å². The number of thiazole rings is 1. The number of hydrogen-bond acceptors (Lipinski definition) is 10. The predicted molar refractivity (Wildman–Crippen MR) is 126 cm³/mol. The lowest BCUT2D eigenvalue weighted by Crippen LogP contribution is -2.52. The summed E-state index contributed by atoms with van der Waals surface area (Å²) >= 11 is 2.06. The molecule has 3 aromatic rings. The van der Waals surface area contributed by atoms with E-state index in [-0.39, 0.29) is 30.4 Å². The van der Waals surface area contributed by atoms with Gasteiger partial charge in [0.05, 0.1) is 17.0 Å². The van der Waals surface area contributed by atoms with Gasteiger partial charge in [-0.3, -0.25) is 0 Å². The summed E-state index contributed by atoms with van der Waals surface area (Å²) in [5.74, 6) is -2.48. The van der Waals surface area contributed by atoms with Crippen molar-refractivity contribution in [2.45, 2.75) is 29.9 Å². The van der Waals surface area contributed by atoms with Crippen LogP contribution in [0.3, 0.4) is 0 Å². The highest BCUT2D eigenvalue weighted by atomic mass is 32.2. The SMILES string of the molecule is Cc1cc(SNc2ncsc2O)c(F)cc1N(C)C1(O)CCN(C(O)(O)c2ccccc2)C1. The number of β-amino-alcohol motifs (C(OH)–C–C–N with tert-alkyl or cyclic N) is 1. The van der Waals surface area contributed by atoms with Crippen LogP contribution in [0, 0.1) is 12.7 Å². The highest BCUT2D eigenvalue weighted by Gasteiger charge is 2.47. The van der Waals surface area contributed by atoms with E-state index >= 15 is 0 Å². The number of aromatic nitrogens is 1. The quantitative estimate of drug-likeness (QED) is 0.251. The standard InChI is InChI=1S/C22H25FN4O4S2/c1-14-10-18(33-25-19-20(28)32-13-24-19)16(23)11-17(14)26(2)21(29)8-9-27(12-21)22(30,31)15-6-4-3-5-7-15/h3-7,10-11,13,25,28-31H,8-9,12H2,1-2H3. The van der Waals surface area contributed by atoms with Crippen LogP contribution < -0.4 is 9.62 Å². The average Bonchev–Trinajstić information content (AvgIpc) is 3.41. The minimum Gasteiger partial charge on any atom is -0.497 e. The Morgan fingerprint density at radius 3 is 2.67 bits per heavy atom. The molecular weight excluding hydrogens is 467 g/mol. The molecule has 1 saturated heterocycles. The molecule has 1 unspecified atom stereocenters. The van der Waals surface area contributed by atoms with E-state index in [0.717, 1.165) is 28.8 Å². The van der Waals surface area contributed by atoms with Gasteiger partial charge in [-0.15, -0.1) is 0 Å². The molecule has 1 fully saturated rings. The van der Waals surface area contributed by atoms with Crippen molar-refractivity contribution in [2.75, 3.05) is 29.8 Å². The van der Waals surface area contributed by atoms with Crippen LogP contribution in [0.1, 0.15) is 17.5 Å². The van der Waals surface area contributed by atoms with Crippen LogP contribution in [-0.2, 0) is 5.91 Å². The fourth-order valence-corrected chi connectivity index (χ4v) is 5.17. The third-order valence-corrected chi connectivity index (χ3v) is 7.33. The fourth-order valence-electron chi connectivity index (χ4n) is 3.88. The number of likely N-dealkylation sites (N-methyl/N-ethyl adjacent to an activating group) is 1. The molecule has 0 amide bonds. The second-order valence-corrected chi connectivity index (χ2v) is 9.68. The maximum Gasteiger partial charge on any atom is 0.253 e. The third-order valence-electron chi connectivity index (χ3n) is 5.87. The van der Waals surface area contributed by atoms with E-state index in [1.54, 1.807) is 55.3 Å². The molecule has 1 aliphatic rings. The van der Waals surface area contributed by atoms with Crippen molar-refractivity contribution in [3.05, 3.63) is 64.9 Å².